The van der Waals surface area contributed by atoms with E-state index in [1.807, 2.05) is 61.5 Å². The first kappa shape index (κ1) is 22.7. The van der Waals surface area contributed by atoms with Crippen LogP contribution in [0, 0.1) is 0 Å². The number of hydrogen-bond donors (Lipinski definition) is 3. The Labute approximate surface area is 174 Å². The summed E-state index contributed by atoms with van der Waals surface area (Å²) >= 11 is 0. The zero-order valence-electron chi connectivity index (χ0n) is 17.6. The standard InChI is InChI=1S/C23H33N3O3/c1-4-24-22(26-18-23(2,27)20-11-6-5-7-12-20)25-17-19-10-8-13-21(16-19)29-15-9-14-28-3/h5-8,10-13,16,27H,4,9,14-15,17-18H2,1-3H3,(H2,24,25,26). The van der Waals surface area contributed by atoms with Gasteiger partial charge < -0.3 is 25.2 Å². The number of nitrogens with zero attached hydrogens (tertiary/aromatic N) is 1. The number of methoxy groups -OCH3 is 1. The molecule has 2 rings (SSSR count). The zero-order chi connectivity index (χ0) is 21.0. The molecule has 0 bridgehead atoms. The van der Waals surface area contributed by atoms with Crippen molar-refractivity contribution in [2.45, 2.75) is 32.4 Å². The molecule has 2 aromatic rings. The van der Waals surface area contributed by atoms with Crippen molar-refractivity contribution in [3.63, 3.8) is 0 Å². The topological polar surface area (TPSA) is 75.1 Å². The van der Waals surface area contributed by atoms with Crippen LogP contribution in [0.25, 0.3) is 0 Å². The molecule has 0 aliphatic carbocycles. The van der Waals surface area contributed by atoms with E-state index in [0.717, 1.165) is 29.8 Å². The first-order valence-electron chi connectivity index (χ1n) is 10.1. The lowest BCUT2D eigenvalue weighted by Crippen LogP contribution is -2.44. The van der Waals surface area contributed by atoms with Gasteiger partial charge in [-0.05, 0) is 37.1 Å². The van der Waals surface area contributed by atoms with Crippen LogP contribution in [0.15, 0.2) is 59.6 Å². The van der Waals surface area contributed by atoms with Gasteiger partial charge >= 0.3 is 0 Å². The number of aliphatic hydroxyl groups is 1. The van der Waals surface area contributed by atoms with Gasteiger partial charge in [-0.2, -0.15) is 0 Å². The van der Waals surface area contributed by atoms with Crippen molar-refractivity contribution in [1.82, 2.24) is 10.6 Å². The number of benzene rings is 2. The van der Waals surface area contributed by atoms with E-state index in [1.165, 1.54) is 0 Å². The van der Waals surface area contributed by atoms with Crippen molar-refractivity contribution in [3.8, 4) is 5.75 Å². The third kappa shape index (κ3) is 8.13. The Bertz CT molecular complexity index is 748. The molecule has 0 amide bonds. The molecule has 2 aromatic carbocycles. The largest absolute Gasteiger partial charge is 0.493 e. The summed E-state index contributed by atoms with van der Waals surface area (Å²) in [6, 6.07) is 17.6. The molecule has 0 saturated carbocycles. The first-order valence-corrected chi connectivity index (χ1v) is 10.1. The van der Waals surface area contributed by atoms with E-state index in [0.29, 0.717) is 32.3 Å². The van der Waals surface area contributed by atoms with Gasteiger partial charge in [-0.15, -0.1) is 0 Å². The van der Waals surface area contributed by atoms with Gasteiger partial charge in [-0.1, -0.05) is 42.5 Å². The predicted octanol–water partition coefficient (Wildman–Crippen LogP) is 3.06. The quantitative estimate of drug-likeness (QED) is 0.308. The number of aliphatic imine (C=N–C) groups is 1. The normalized spacial score (nSPS) is 13.6. The SMILES string of the molecule is CCNC(=NCc1cccc(OCCCOC)c1)NCC(C)(O)c1ccccc1. The van der Waals surface area contributed by atoms with E-state index in [1.54, 1.807) is 14.0 Å². The number of rotatable bonds is 11. The van der Waals surface area contributed by atoms with E-state index < -0.39 is 5.60 Å². The summed E-state index contributed by atoms with van der Waals surface area (Å²) in [5.41, 5.74) is 0.927. The van der Waals surface area contributed by atoms with Crippen LogP contribution >= 0.6 is 0 Å². The van der Waals surface area contributed by atoms with Crippen LogP contribution < -0.4 is 15.4 Å². The molecular formula is C23H33N3O3. The average Bonchev–Trinajstić information content (AvgIpc) is 2.74. The van der Waals surface area contributed by atoms with Crippen molar-refractivity contribution < 1.29 is 14.6 Å². The molecular weight excluding hydrogens is 366 g/mol. The monoisotopic (exact) mass is 399 g/mol. The van der Waals surface area contributed by atoms with Gasteiger partial charge in [0.05, 0.1) is 19.7 Å². The van der Waals surface area contributed by atoms with Crippen LogP contribution in [0.5, 0.6) is 5.75 Å². The minimum Gasteiger partial charge on any atom is -0.493 e. The Morgan fingerprint density at radius 3 is 2.59 bits per heavy atom. The molecule has 6 heteroatoms. The van der Waals surface area contributed by atoms with Gasteiger partial charge in [0.1, 0.15) is 11.4 Å². The van der Waals surface area contributed by atoms with E-state index in [-0.39, 0.29) is 0 Å². The Hall–Kier alpha value is -2.57. The highest BCUT2D eigenvalue weighted by Gasteiger charge is 2.22. The average molecular weight is 400 g/mol. The molecule has 0 aliphatic heterocycles. The summed E-state index contributed by atoms with van der Waals surface area (Å²) in [5.74, 6) is 1.49. The molecule has 1 atom stereocenters. The number of ether oxygens (including phenoxy) is 2. The second kappa shape index (κ2) is 12.1. The summed E-state index contributed by atoms with van der Waals surface area (Å²) in [6.45, 7) is 6.73. The van der Waals surface area contributed by atoms with Crippen molar-refractivity contribution in [2.24, 2.45) is 4.99 Å². The lowest BCUT2D eigenvalue weighted by Gasteiger charge is -2.25. The number of hydrogen-bond acceptors (Lipinski definition) is 4. The molecule has 29 heavy (non-hydrogen) atoms. The molecule has 0 spiro atoms. The summed E-state index contributed by atoms with van der Waals surface area (Å²) in [5, 5.41) is 17.2. The van der Waals surface area contributed by atoms with Crippen LogP contribution in [0.1, 0.15) is 31.4 Å². The van der Waals surface area contributed by atoms with Gasteiger partial charge in [-0.3, -0.25) is 0 Å². The van der Waals surface area contributed by atoms with Crippen molar-refractivity contribution in [2.75, 3.05) is 33.4 Å². The Balaban J connectivity index is 1.94. The first-order chi connectivity index (χ1) is 14.0. The highest BCUT2D eigenvalue weighted by molar-refractivity contribution is 5.79. The Kier molecular flexibility index (Phi) is 9.47. The van der Waals surface area contributed by atoms with Crippen molar-refractivity contribution in [3.05, 3.63) is 65.7 Å². The molecule has 0 radical (unpaired) electrons. The van der Waals surface area contributed by atoms with E-state index >= 15 is 0 Å². The Morgan fingerprint density at radius 2 is 1.86 bits per heavy atom. The van der Waals surface area contributed by atoms with Crippen LogP contribution in [0.2, 0.25) is 0 Å². The number of nitrogens with one attached hydrogen (secondary N) is 2. The molecule has 0 aliphatic rings. The molecule has 0 fully saturated rings. The highest BCUT2D eigenvalue weighted by atomic mass is 16.5. The summed E-state index contributed by atoms with van der Waals surface area (Å²) < 4.78 is 10.8. The molecule has 0 saturated heterocycles. The van der Waals surface area contributed by atoms with Gasteiger partial charge in [0.15, 0.2) is 5.96 Å². The maximum Gasteiger partial charge on any atom is 0.191 e. The second-order valence-electron chi connectivity index (χ2n) is 7.03. The third-order valence-electron chi connectivity index (χ3n) is 4.42. The second-order valence-corrected chi connectivity index (χ2v) is 7.03. The minimum absolute atomic E-state index is 0.353. The van der Waals surface area contributed by atoms with E-state index in [2.05, 4.69) is 15.6 Å². The lowest BCUT2D eigenvalue weighted by molar-refractivity contribution is 0.0617. The van der Waals surface area contributed by atoms with Gasteiger partial charge in [0, 0.05) is 26.7 Å². The fraction of sp³-hybridized carbons (Fsp3) is 0.435. The van der Waals surface area contributed by atoms with Crippen LogP contribution in [0.4, 0.5) is 0 Å². The molecule has 0 heterocycles. The van der Waals surface area contributed by atoms with Crippen molar-refractivity contribution in [1.29, 1.82) is 0 Å². The fourth-order valence-corrected chi connectivity index (χ4v) is 2.79. The molecule has 6 nitrogen and oxygen atoms in total. The summed E-state index contributed by atoms with van der Waals surface area (Å²) in [4.78, 5) is 4.64. The summed E-state index contributed by atoms with van der Waals surface area (Å²) in [6.07, 6.45) is 0.856. The molecule has 0 aromatic heterocycles. The van der Waals surface area contributed by atoms with Crippen LogP contribution in [-0.2, 0) is 16.9 Å². The highest BCUT2D eigenvalue weighted by Crippen LogP contribution is 2.19. The van der Waals surface area contributed by atoms with Gasteiger partial charge in [0.2, 0.25) is 0 Å². The maximum absolute atomic E-state index is 10.8. The Morgan fingerprint density at radius 1 is 1.07 bits per heavy atom. The van der Waals surface area contributed by atoms with Crippen LogP contribution in [0.3, 0.4) is 0 Å². The fourth-order valence-electron chi connectivity index (χ4n) is 2.79. The smallest absolute Gasteiger partial charge is 0.191 e. The third-order valence-corrected chi connectivity index (χ3v) is 4.42. The van der Waals surface area contributed by atoms with Gasteiger partial charge in [0.25, 0.3) is 0 Å². The maximum atomic E-state index is 10.8. The lowest BCUT2D eigenvalue weighted by atomic mass is 9.96. The van der Waals surface area contributed by atoms with Crippen LogP contribution in [-0.4, -0.2) is 44.5 Å². The summed E-state index contributed by atoms with van der Waals surface area (Å²) in [7, 11) is 1.69. The molecule has 3 N–H and O–H groups in total. The minimum atomic E-state index is -0.993. The van der Waals surface area contributed by atoms with Gasteiger partial charge in [-0.25, -0.2) is 4.99 Å². The molecule has 1 unspecified atom stereocenters. The van der Waals surface area contributed by atoms with Crippen molar-refractivity contribution >= 4 is 5.96 Å². The zero-order valence-corrected chi connectivity index (χ0v) is 17.6. The van der Waals surface area contributed by atoms with E-state index in [4.69, 9.17) is 9.47 Å². The van der Waals surface area contributed by atoms with E-state index in [9.17, 15) is 5.11 Å². The predicted molar refractivity (Wildman–Crippen MR) is 117 cm³/mol. The number of guanidine groups is 1. The molecule has 158 valence electrons.